The Bertz CT molecular complexity index is 692. The summed E-state index contributed by atoms with van der Waals surface area (Å²) in [5.41, 5.74) is 0.808. The molecule has 1 N–H and O–H groups in total. The lowest BCUT2D eigenvalue weighted by molar-refractivity contribution is 0.0625. The number of para-hydroxylation sites is 1. The van der Waals surface area contributed by atoms with Gasteiger partial charge in [-0.15, -0.1) is 0 Å². The van der Waals surface area contributed by atoms with Crippen LogP contribution in [0.4, 0.5) is 0 Å². The van der Waals surface area contributed by atoms with Gasteiger partial charge in [-0.25, -0.2) is 0 Å². The smallest absolute Gasteiger partial charge is 0.238 e. The van der Waals surface area contributed by atoms with Crippen molar-refractivity contribution in [1.29, 1.82) is 0 Å². The van der Waals surface area contributed by atoms with E-state index in [4.69, 9.17) is 8.94 Å². The van der Waals surface area contributed by atoms with Crippen molar-refractivity contribution >= 4 is 11.0 Å². The molecular weight excluding hydrogens is 244 g/mol. The Hall–Kier alpha value is -2.14. The second-order valence-electron chi connectivity index (χ2n) is 4.93. The maximum atomic E-state index is 9.29. The minimum absolute atomic E-state index is 0.181. The molecule has 4 rings (SSSR count). The zero-order valence-corrected chi connectivity index (χ0v) is 10.1. The van der Waals surface area contributed by atoms with Crippen molar-refractivity contribution in [3.05, 3.63) is 36.2 Å². The monoisotopic (exact) mass is 256 g/mol. The largest absolute Gasteiger partial charge is 0.453 e. The second kappa shape index (κ2) is 3.93. The molecule has 1 aromatic carbocycles. The number of nitrogens with zero attached hydrogens (tertiary/aromatic N) is 2. The molecule has 0 atom stereocenters. The standard InChI is InChI=1S/C14H12N2O3/c17-10-5-9(6-10)14-15-13(16-19-14)12-7-8-3-1-2-4-11(8)18-12/h1-4,7,9-10,17H,5-6H2. The summed E-state index contributed by atoms with van der Waals surface area (Å²) < 4.78 is 10.9. The quantitative estimate of drug-likeness (QED) is 0.763. The Balaban J connectivity index is 1.68. The number of aliphatic hydroxyl groups is 1. The third-order valence-corrected chi connectivity index (χ3v) is 3.55. The highest BCUT2D eigenvalue weighted by molar-refractivity contribution is 5.81. The fraction of sp³-hybridized carbons (Fsp3) is 0.286. The molecule has 1 fully saturated rings. The summed E-state index contributed by atoms with van der Waals surface area (Å²) in [6.45, 7) is 0. The third kappa shape index (κ3) is 1.74. The maximum absolute atomic E-state index is 9.29. The Morgan fingerprint density at radius 3 is 2.84 bits per heavy atom. The lowest BCUT2D eigenvalue weighted by Gasteiger charge is -2.27. The molecule has 5 nitrogen and oxygen atoms in total. The molecular formula is C14H12N2O3. The van der Waals surface area contributed by atoms with Gasteiger partial charge in [0.1, 0.15) is 5.58 Å². The van der Waals surface area contributed by atoms with Crippen molar-refractivity contribution in [2.45, 2.75) is 24.9 Å². The Morgan fingerprint density at radius 2 is 2.05 bits per heavy atom. The third-order valence-electron chi connectivity index (χ3n) is 3.55. The number of hydrogen-bond acceptors (Lipinski definition) is 5. The number of benzene rings is 1. The van der Waals surface area contributed by atoms with Crippen LogP contribution in [0.15, 0.2) is 39.3 Å². The lowest BCUT2D eigenvalue weighted by atomic mass is 9.82. The topological polar surface area (TPSA) is 72.3 Å². The van der Waals surface area contributed by atoms with Gasteiger partial charge in [0, 0.05) is 11.3 Å². The normalized spacial score (nSPS) is 22.6. The number of aliphatic hydroxyl groups excluding tert-OH is 1. The number of furan rings is 1. The molecule has 2 heterocycles. The van der Waals surface area contributed by atoms with E-state index in [2.05, 4.69) is 10.1 Å². The first-order valence-corrected chi connectivity index (χ1v) is 6.30. The first-order chi connectivity index (χ1) is 9.29. The highest BCUT2D eigenvalue weighted by Crippen LogP contribution is 2.36. The Morgan fingerprint density at radius 1 is 1.21 bits per heavy atom. The van der Waals surface area contributed by atoms with Crippen LogP contribution in [0.5, 0.6) is 0 Å². The zero-order valence-electron chi connectivity index (χ0n) is 10.1. The SMILES string of the molecule is OC1CC(c2nc(-c3cc4ccccc4o3)no2)C1. The molecule has 1 aliphatic rings. The predicted molar refractivity (Wildman–Crippen MR) is 67.5 cm³/mol. The molecule has 0 spiro atoms. The minimum Gasteiger partial charge on any atom is -0.453 e. The van der Waals surface area contributed by atoms with Crippen LogP contribution >= 0.6 is 0 Å². The Labute approximate surface area is 108 Å². The van der Waals surface area contributed by atoms with Crippen molar-refractivity contribution in [2.24, 2.45) is 0 Å². The van der Waals surface area contributed by atoms with Crippen LogP contribution in [0.3, 0.4) is 0 Å². The predicted octanol–water partition coefficient (Wildman–Crippen LogP) is 2.72. The van der Waals surface area contributed by atoms with E-state index < -0.39 is 0 Å². The molecule has 0 unspecified atom stereocenters. The van der Waals surface area contributed by atoms with Gasteiger partial charge in [0.2, 0.25) is 11.7 Å². The highest BCUT2D eigenvalue weighted by Gasteiger charge is 2.33. The Kier molecular flexibility index (Phi) is 2.22. The minimum atomic E-state index is -0.230. The molecule has 0 amide bonds. The molecule has 96 valence electrons. The van der Waals surface area contributed by atoms with E-state index in [1.807, 2.05) is 30.3 Å². The van der Waals surface area contributed by atoms with Gasteiger partial charge in [-0.1, -0.05) is 23.4 Å². The van der Waals surface area contributed by atoms with Crippen LogP contribution in [-0.2, 0) is 0 Å². The second-order valence-corrected chi connectivity index (χ2v) is 4.93. The average molecular weight is 256 g/mol. The average Bonchev–Trinajstić information content (AvgIpc) is 3.01. The van der Waals surface area contributed by atoms with Crippen molar-refractivity contribution in [2.75, 3.05) is 0 Å². The van der Waals surface area contributed by atoms with Gasteiger partial charge in [0.05, 0.1) is 6.10 Å². The van der Waals surface area contributed by atoms with E-state index in [-0.39, 0.29) is 12.0 Å². The van der Waals surface area contributed by atoms with Crippen molar-refractivity contribution in [3.63, 3.8) is 0 Å². The fourth-order valence-electron chi connectivity index (χ4n) is 2.38. The maximum Gasteiger partial charge on any atom is 0.238 e. The summed E-state index contributed by atoms with van der Waals surface area (Å²) in [6, 6.07) is 9.67. The number of hydrogen-bond donors (Lipinski definition) is 1. The summed E-state index contributed by atoms with van der Waals surface area (Å²) >= 11 is 0. The lowest BCUT2D eigenvalue weighted by Crippen LogP contribution is -2.26. The van der Waals surface area contributed by atoms with Gasteiger partial charge in [-0.05, 0) is 25.0 Å². The molecule has 1 saturated carbocycles. The number of fused-ring (bicyclic) bond motifs is 1. The summed E-state index contributed by atoms with van der Waals surface area (Å²) in [5.74, 6) is 1.84. The van der Waals surface area contributed by atoms with Gasteiger partial charge >= 0.3 is 0 Å². The zero-order chi connectivity index (χ0) is 12.8. The van der Waals surface area contributed by atoms with E-state index in [9.17, 15) is 5.11 Å². The van der Waals surface area contributed by atoms with Crippen LogP contribution in [0.1, 0.15) is 24.7 Å². The van der Waals surface area contributed by atoms with Gasteiger partial charge in [-0.2, -0.15) is 4.98 Å². The summed E-state index contributed by atoms with van der Waals surface area (Å²) in [7, 11) is 0. The van der Waals surface area contributed by atoms with E-state index >= 15 is 0 Å². The van der Waals surface area contributed by atoms with Crippen molar-refractivity contribution in [3.8, 4) is 11.6 Å². The summed E-state index contributed by atoms with van der Waals surface area (Å²) in [6.07, 6.45) is 1.16. The van der Waals surface area contributed by atoms with Gasteiger partial charge < -0.3 is 14.0 Å². The van der Waals surface area contributed by atoms with E-state index in [1.165, 1.54) is 0 Å². The van der Waals surface area contributed by atoms with Crippen LogP contribution in [0.25, 0.3) is 22.6 Å². The molecule has 0 radical (unpaired) electrons. The van der Waals surface area contributed by atoms with E-state index in [0.29, 0.717) is 30.3 Å². The van der Waals surface area contributed by atoms with Crippen molar-refractivity contribution < 1.29 is 14.0 Å². The van der Waals surface area contributed by atoms with Crippen LogP contribution in [0.2, 0.25) is 0 Å². The molecule has 0 bridgehead atoms. The van der Waals surface area contributed by atoms with Gasteiger partial charge in [-0.3, -0.25) is 0 Å². The first kappa shape index (κ1) is 10.8. The van der Waals surface area contributed by atoms with E-state index in [1.54, 1.807) is 0 Å². The molecule has 5 heteroatoms. The molecule has 1 aliphatic carbocycles. The highest BCUT2D eigenvalue weighted by atomic mass is 16.5. The van der Waals surface area contributed by atoms with Crippen LogP contribution < -0.4 is 0 Å². The molecule has 3 aromatic rings. The molecule has 0 aliphatic heterocycles. The van der Waals surface area contributed by atoms with Crippen LogP contribution in [0, 0.1) is 0 Å². The van der Waals surface area contributed by atoms with Gasteiger partial charge in [0.25, 0.3) is 0 Å². The van der Waals surface area contributed by atoms with Crippen molar-refractivity contribution in [1.82, 2.24) is 10.1 Å². The summed E-state index contributed by atoms with van der Waals surface area (Å²) in [5, 5.41) is 14.3. The fourth-order valence-corrected chi connectivity index (χ4v) is 2.38. The molecule has 0 saturated heterocycles. The number of aromatic nitrogens is 2. The molecule has 19 heavy (non-hydrogen) atoms. The first-order valence-electron chi connectivity index (χ1n) is 6.30. The van der Waals surface area contributed by atoms with Crippen LogP contribution in [-0.4, -0.2) is 21.4 Å². The summed E-state index contributed by atoms with van der Waals surface area (Å²) in [4.78, 5) is 4.35. The van der Waals surface area contributed by atoms with E-state index in [0.717, 1.165) is 11.0 Å². The number of rotatable bonds is 2. The molecule has 2 aromatic heterocycles. The van der Waals surface area contributed by atoms with Gasteiger partial charge in [0.15, 0.2) is 5.76 Å².